The van der Waals surface area contributed by atoms with E-state index in [2.05, 4.69) is 15.6 Å². The molecular formula is C17H28N4O2. The van der Waals surface area contributed by atoms with Gasteiger partial charge < -0.3 is 20.0 Å². The standard InChI is InChI=1S/C17H28N4O2/c1-4-18-17(19-9-7-15-6-5-11-23-15)20-14-8-10-21(12-14)16(22)13(2)3/h5-6,11,13-14H,4,7-10,12H2,1-3H3,(H2,18,19,20). The highest BCUT2D eigenvalue weighted by Gasteiger charge is 2.27. The number of guanidine groups is 1. The lowest BCUT2D eigenvalue weighted by molar-refractivity contribution is -0.133. The molecule has 1 amide bonds. The Bertz CT molecular complexity index is 511. The summed E-state index contributed by atoms with van der Waals surface area (Å²) in [6, 6.07) is 4.11. The summed E-state index contributed by atoms with van der Waals surface area (Å²) < 4.78 is 5.32. The number of carbonyl (C=O) groups is 1. The number of hydrogen-bond donors (Lipinski definition) is 2. The number of aliphatic imine (C=N–C) groups is 1. The summed E-state index contributed by atoms with van der Waals surface area (Å²) in [5, 5.41) is 6.70. The van der Waals surface area contributed by atoms with Crippen molar-refractivity contribution in [1.29, 1.82) is 0 Å². The third-order valence-corrected chi connectivity index (χ3v) is 3.89. The first kappa shape index (κ1) is 17.4. The SMILES string of the molecule is CCNC(=NCCc1ccco1)NC1CCN(C(=O)C(C)C)C1. The molecule has 1 aromatic heterocycles. The van der Waals surface area contributed by atoms with Gasteiger partial charge in [-0.2, -0.15) is 0 Å². The second-order valence-electron chi connectivity index (χ2n) is 6.16. The van der Waals surface area contributed by atoms with Crippen LogP contribution in [-0.4, -0.2) is 49.0 Å². The maximum atomic E-state index is 12.0. The first-order valence-electron chi connectivity index (χ1n) is 8.46. The third-order valence-electron chi connectivity index (χ3n) is 3.89. The van der Waals surface area contributed by atoms with E-state index < -0.39 is 0 Å². The Labute approximate surface area is 138 Å². The Morgan fingerprint density at radius 3 is 3.00 bits per heavy atom. The van der Waals surface area contributed by atoms with Gasteiger partial charge in [0.05, 0.1) is 6.26 Å². The molecule has 0 aliphatic carbocycles. The van der Waals surface area contributed by atoms with Gasteiger partial charge in [0.2, 0.25) is 5.91 Å². The number of hydrogen-bond acceptors (Lipinski definition) is 3. The minimum atomic E-state index is 0.0592. The highest BCUT2D eigenvalue weighted by Crippen LogP contribution is 2.12. The van der Waals surface area contributed by atoms with Crippen molar-refractivity contribution in [1.82, 2.24) is 15.5 Å². The van der Waals surface area contributed by atoms with E-state index in [1.54, 1.807) is 6.26 Å². The minimum absolute atomic E-state index is 0.0592. The largest absolute Gasteiger partial charge is 0.469 e. The van der Waals surface area contributed by atoms with Crippen LogP contribution in [0.3, 0.4) is 0 Å². The highest BCUT2D eigenvalue weighted by atomic mass is 16.3. The van der Waals surface area contributed by atoms with Crippen molar-refractivity contribution in [2.75, 3.05) is 26.2 Å². The Hall–Kier alpha value is -1.98. The van der Waals surface area contributed by atoms with Crippen LogP contribution in [-0.2, 0) is 11.2 Å². The first-order valence-corrected chi connectivity index (χ1v) is 8.46. The zero-order valence-corrected chi connectivity index (χ0v) is 14.3. The molecule has 1 aliphatic heterocycles. The van der Waals surface area contributed by atoms with Gasteiger partial charge in [-0.3, -0.25) is 9.79 Å². The number of likely N-dealkylation sites (tertiary alicyclic amines) is 1. The Morgan fingerprint density at radius 2 is 2.35 bits per heavy atom. The smallest absolute Gasteiger partial charge is 0.225 e. The van der Waals surface area contributed by atoms with Crippen molar-refractivity contribution in [3.8, 4) is 0 Å². The molecule has 1 fully saturated rings. The van der Waals surface area contributed by atoms with Crippen molar-refractivity contribution >= 4 is 11.9 Å². The molecule has 2 rings (SSSR count). The predicted molar refractivity (Wildman–Crippen MR) is 91.3 cm³/mol. The van der Waals surface area contributed by atoms with Gasteiger partial charge in [-0.1, -0.05) is 13.8 Å². The number of rotatable bonds is 6. The molecule has 1 unspecified atom stereocenters. The van der Waals surface area contributed by atoms with Crippen LogP contribution in [0.2, 0.25) is 0 Å². The molecule has 1 atom stereocenters. The molecule has 0 aromatic carbocycles. The molecule has 0 spiro atoms. The number of carbonyl (C=O) groups excluding carboxylic acids is 1. The average Bonchev–Trinajstić information content (AvgIpc) is 3.18. The maximum Gasteiger partial charge on any atom is 0.225 e. The molecule has 1 aromatic rings. The minimum Gasteiger partial charge on any atom is -0.469 e. The lowest BCUT2D eigenvalue weighted by Gasteiger charge is -2.20. The summed E-state index contributed by atoms with van der Waals surface area (Å²) in [7, 11) is 0. The number of nitrogens with one attached hydrogen (secondary N) is 2. The van der Waals surface area contributed by atoms with E-state index in [4.69, 9.17) is 4.42 Å². The second kappa shape index (κ2) is 8.60. The monoisotopic (exact) mass is 320 g/mol. The topological polar surface area (TPSA) is 69.9 Å². The van der Waals surface area contributed by atoms with Crippen molar-refractivity contribution < 1.29 is 9.21 Å². The number of amides is 1. The van der Waals surface area contributed by atoms with Gasteiger partial charge in [0.25, 0.3) is 0 Å². The molecule has 2 N–H and O–H groups in total. The fraction of sp³-hybridized carbons (Fsp3) is 0.647. The van der Waals surface area contributed by atoms with E-state index in [0.29, 0.717) is 6.54 Å². The molecule has 128 valence electrons. The van der Waals surface area contributed by atoms with Crippen molar-refractivity contribution in [3.05, 3.63) is 24.2 Å². The Morgan fingerprint density at radius 1 is 1.52 bits per heavy atom. The lowest BCUT2D eigenvalue weighted by atomic mass is 10.2. The van der Waals surface area contributed by atoms with Crippen LogP contribution in [0.4, 0.5) is 0 Å². The zero-order chi connectivity index (χ0) is 16.7. The predicted octanol–water partition coefficient (Wildman–Crippen LogP) is 1.63. The molecule has 1 aliphatic rings. The molecule has 1 saturated heterocycles. The van der Waals surface area contributed by atoms with Crippen molar-refractivity contribution in [2.24, 2.45) is 10.9 Å². The Balaban J connectivity index is 1.83. The van der Waals surface area contributed by atoms with E-state index in [1.165, 1.54) is 0 Å². The first-order chi connectivity index (χ1) is 11.1. The summed E-state index contributed by atoms with van der Waals surface area (Å²) in [6.45, 7) is 9.00. The summed E-state index contributed by atoms with van der Waals surface area (Å²) in [5.74, 6) is 2.04. The molecule has 23 heavy (non-hydrogen) atoms. The van der Waals surface area contributed by atoms with E-state index >= 15 is 0 Å². The van der Waals surface area contributed by atoms with Gasteiger partial charge in [0, 0.05) is 44.6 Å². The molecule has 6 nitrogen and oxygen atoms in total. The normalized spacial score (nSPS) is 18.5. The van der Waals surface area contributed by atoms with Crippen molar-refractivity contribution in [2.45, 2.75) is 39.7 Å². The third kappa shape index (κ3) is 5.30. The number of nitrogens with zero attached hydrogens (tertiary/aromatic N) is 2. The molecule has 6 heteroatoms. The summed E-state index contributed by atoms with van der Waals surface area (Å²) in [6.07, 6.45) is 3.43. The molecule has 2 heterocycles. The van der Waals surface area contributed by atoms with Crippen LogP contribution in [0.25, 0.3) is 0 Å². The van der Waals surface area contributed by atoms with Gasteiger partial charge in [-0.05, 0) is 25.5 Å². The highest BCUT2D eigenvalue weighted by molar-refractivity contribution is 5.81. The molecule has 0 radical (unpaired) electrons. The summed E-state index contributed by atoms with van der Waals surface area (Å²) >= 11 is 0. The van der Waals surface area contributed by atoms with Gasteiger partial charge >= 0.3 is 0 Å². The quantitative estimate of drug-likeness (QED) is 0.617. The molecule has 0 bridgehead atoms. The van der Waals surface area contributed by atoms with Gasteiger partial charge in [-0.15, -0.1) is 0 Å². The van der Waals surface area contributed by atoms with Crippen LogP contribution in [0.1, 0.15) is 33.0 Å². The van der Waals surface area contributed by atoms with Crippen LogP contribution in [0.15, 0.2) is 27.8 Å². The van der Waals surface area contributed by atoms with E-state index in [0.717, 1.165) is 44.2 Å². The van der Waals surface area contributed by atoms with E-state index in [1.807, 2.05) is 37.8 Å². The van der Waals surface area contributed by atoms with Gasteiger partial charge in [-0.25, -0.2) is 0 Å². The van der Waals surface area contributed by atoms with Crippen LogP contribution >= 0.6 is 0 Å². The second-order valence-corrected chi connectivity index (χ2v) is 6.16. The van der Waals surface area contributed by atoms with Crippen LogP contribution in [0, 0.1) is 5.92 Å². The summed E-state index contributed by atoms with van der Waals surface area (Å²) in [5.41, 5.74) is 0. The fourth-order valence-electron chi connectivity index (χ4n) is 2.69. The fourth-order valence-corrected chi connectivity index (χ4v) is 2.69. The van der Waals surface area contributed by atoms with Crippen LogP contribution in [0.5, 0.6) is 0 Å². The molecular weight excluding hydrogens is 292 g/mol. The van der Waals surface area contributed by atoms with Gasteiger partial charge in [0.15, 0.2) is 5.96 Å². The summed E-state index contributed by atoms with van der Waals surface area (Å²) in [4.78, 5) is 18.6. The van der Waals surface area contributed by atoms with E-state index in [9.17, 15) is 4.79 Å². The van der Waals surface area contributed by atoms with E-state index in [-0.39, 0.29) is 17.9 Å². The van der Waals surface area contributed by atoms with Gasteiger partial charge in [0.1, 0.15) is 5.76 Å². The zero-order valence-electron chi connectivity index (χ0n) is 14.3. The maximum absolute atomic E-state index is 12.0. The molecule has 0 saturated carbocycles. The average molecular weight is 320 g/mol. The lowest BCUT2D eigenvalue weighted by Crippen LogP contribution is -2.45. The Kier molecular flexibility index (Phi) is 6.50. The van der Waals surface area contributed by atoms with Crippen molar-refractivity contribution in [3.63, 3.8) is 0 Å². The van der Waals surface area contributed by atoms with Crippen LogP contribution < -0.4 is 10.6 Å². The number of furan rings is 1.